The molecular weight excluding hydrogens is 464 g/mol. The molecule has 2 unspecified atom stereocenters. The van der Waals surface area contributed by atoms with Crippen LogP contribution in [0.5, 0.6) is 5.75 Å². The number of carbonyl (C=O) groups excluding carboxylic acids is 1. The van der Waals surface area contributed by atoms with Gasteiger partial charge in [0.2, 0.25) is 0 Å². The fourth-order valence-corrected chi connectivity index (χ4v) is 5.35. The number of carbonyl (C=O) groups is 1. The average Bonchev–Trinajstić information content (AvgIpc) is 3.27. The lowest BCUT2D eigenvalue weighted by atomic mass is 10.0. The molecule has 2 atom stereocenters. The summed E-state index contributed by atoms with van der Waals surface area (Å²) in [4.78, 5) is 14.1. The van der Waals surface area contributed by atoms with Crippen LogP contribution >= 0.6 is 0 Å². The van der Waals surface area contributed by atoms with E-state index in [0.29, 0.717) is 37.1 Å². The van der Waals surface area contributed by atoms with E-state index in [-0.39, 0.29) is 28.9 Å². The molecule has 2 aliphatic rings. The van der Waals surface area contributed by atoms with Gasteiger partial charge in [0, 0.05) is 19.3 Å². The van der Waals surface area contributed by atoms with Crippen LogP contribution < -0.4 is 4.74 Å². The van der Waals surface area contributed by atoms with Crippen LogP contribution in [0.1, 0.15) is 33.6 Å². The molecule has 0 bridgehead atoms. The molecule has 4 rings (SSSR count). The van der Waals surface area contributed by atoms with Crippen LogP contribution in [0.4, 0.5) is 13.6 Å². The first-order chi connectivity index (χ1) is 15.8. The molecule has 1 amide bonds. The van der Waals surface area contributed by atoms with Gasteiger partial charge in [0.15, 0.2) is 27.2 Å². The van der Waals surface area contributed by atoms with Gasteiger partial charge in [-0.2, -0.15) is 0 Å². The maximum Gasteiger partial charge on any atom is 0.410 e. The number of hydrogen-bond donors (Lipinski definition) is 0. The summed E-state index contributed by atoms with van der Waals surface area (Å²) >= 11 is 0. The zero-order chi connectivity index (χ0) is 24.8. The number of hydrogen-bond acceptors (Lipinski definition) is 5. The molecule has 34 heavy (non-hydrogen) atoms. The quantitative estimate of drug-likeness (QED) is 0.595. The molecule has 6 nitrogen and oxygen atoms in total. The second-order valence-corrected chi connectivity index (χ2v) is 12.2. The lowest BCUT2D eigenvalue weighted by Gasteiger charge is -2.25. The van der Waals surface area contributed by atoms with Gasteiger partial charge in [-0.05, 0) is 80.8 Å². The Morgan fingerprint density at radius 3 is 1.97 bits per heavy atom. The van der Waals surface area contributed by atoms with E-state index in [9.17, 15) is 22.0 Å². The number of ether oxygens (including phenoxy) is 2. The largest absolute Gasteiger partial charge is 0.484 e. The Morgan fingerprint density at radius 2 is 1.50 bits per heavy atom. The van der Waals surface area contributed by atoms with E-state index in [0.717, 1.165) is 6.26 Å². The Hall–Kier alpha value is -2.68. The molecule has 2 aromatic carbocycles. The standard InChI is InChI=1S/C25H29F2NO5S/c1-25(2,3)33-24(29)28-13-17-9-19(10-18(17)14-28)32-23-21(26)11-16(12-22(23)27)15-5-7-20(8-6-15)34(4,30)31/h5-8,11-12,17-19H,9-10,13-14H2,1-4H3. The smallest absolute Gasteiger partial charge is 0.410 e. The monoisotopic (exact) mass is 493 g/mol. The van der Waals surface area contributed by atoms with Gasteiger partial charge in [0.05, 0.1) is 11.0 Å². The molecule has 1 aliphatic carbocycles. The molecule has 9 heteroatoms. The summed E-state index contributed by atoms with van der Waals surface area (Å²) in [5.74, 6) is -1.62. The number of sulfone groups is 1. The van der Waals surface area contributed by atoms with Gasteiger partial charge in [-0.25, -0.2) is 22.0 Å². The van der Waals surface area contributed by atoms with Gasteiger partial charge in [-0.1, -0.05) is 12.1 Å². The van der Waals surface area contributed by atoms with E-state index in [4.69, 9.17) is 9.47 Å². The predicted molar refractivity (Wildman–Crippen MR) is 123 cm³/mol. The summed E-state index contributed by atoms with van der Waals surface area (Å²) in [7, 11) is -3.36. The van der Waals surface area contributed by atoms with E-state index in [2.05, 4.69) is 0 Å². The van der Waals surface area contributed by atoms with E-state index in [1.54, 1.807) is 4.90 Å². The lowest BCUT2D eigenvalue weighted by molar-refractivity contribution is 0.0271. The Bertz CT molecular complexity index is 1150. The molecule has 0 N–H and O–H groups in total. The highest BCUT2D eigenvalue weighted by Crippen LogP contribution is 2.41. The van der Waals surface area contributed by atoms with Crippen LogP contribution in [0.2, 0.25) is 0 Å². The van der Waals surface area contributed by atoms with Crippen molar-refractivity contribution >= 4 is 15.9 Å². The lowest BCUT2D eigenvalue weighted by Crippen LogP contribution is -2.36. The topological polar surface area (TPSA) is 72.9 Å². The zero-order valence-electron chi connectivity index (χ0n) is 19.7. The van der Waals surface area contributed by atoms with Crippen LogP contribution in [-0.2, 0) is 14.6 Å². The third-order valence-electron chi connectivity index (χ3n) is 6.26. The normalized spacial score (nSPS) is 22.5. The van der Waals surface area contributed by atoms with Crippen LogP contribution in [0, 0.1) is 23.5 Å². The van der Waals surface area contributed by atoms with E-state index in [1.807, 2.05) is 20.8 Å². The number of likely N-dealkylation sites (tertiary alicyclic amines) is 1. The van der Waals surface area contributed by atoms with Gasteiger partial charge in [0.1, 0.15) is 5.60 Å². The Balaban J connectivity index is 1.41. The van der Waals surface area contributed by atoms with Gasteiger partial charge in [-0.15, -0.1) is 0 Å². The van der Waals surface area contributed by atoms with Crippen molar-refractivity contribution in [3.05, 3.63) is 48.0 Å². The minimum absolute atomic E-state index is 0.133. The number of rotatable bonds is 4. The number of fused-ring (bicyclic) bond motifs is 1. The van der Waals surface area contributed by atoms with Gasteiger partial charge in [0.25, 0.3) is 0 Å². The summed E-state index contributed by atoms with van der Waals surface area (Å²) in [6.45, 7) is 6.57. The molecule has 2 aromatic rings. The summed E-state index contributed by atoms with van der Waals surface area (Å²) in [5, 5.41) is 0. The van der Waals surface area contributed by atoms with Gasteiger partial charge < -0.3 is 14.4 Å². The highest BCUT2D eigenvalue weighted by atomic mass is 32.2. The Morgan fingerprint density at radius 1 is 0.971 bits per heavy atom. The van der Waals surface area contributed by atoms with Crippen LogP contribution in [-0.4, -0.2) is 50.5 Å². The number of benzene rings is 2. The first kappa shape index (κ1) is 24.4. The second-order valence-electron chi connectivity index (χ2n) is 10.2. The van der Waals surface area contributed by atoms with E-state index in [1.165, 1.54) is 36.4 Å². The van der Waals surface area contributed by atoms with Crippen molar-refractivity contribution in [2.24, 2.45) is 11.8 Å². The zero-order valence-corrected chi connectivity index (χ0v) is 20.5. The maximum atomic E-state index is 14.8. The molecule has 2 fully saturated rings. The molecule has 0 radical (unpaired) electrons. The molecule has 1 heterocycles. The predicted octanol–water partition coefficient (Wildman–Crippen LogP) is 5.06. The minimum atomic E-state index is -3.36. The number of amides is 1. The first-order valence-corrected chi connectivity index (χ1v) is 13.1. The summed E-state index contributed by atoms with van der Waals surface area (Å²) in [6.07, 6.45) is 1.64. The Kier molecular flexibility index (Phi) is 6.35. The van der Waals surface area contributed by atoms with Crippen molar-refractivity contribution in [1.29, 1.82) is 0 Å². The number of nitrogens with zero attached hydrogens (tertiary/aromatic N) is 1. The van der Waals surface area contributed by atoms with Crippen LogP contribution in [0.25, 0.3) is 11.1 Å². The van der Waals surface area contributed by atoms with Crippen LogP contribution in [0.3, 0.4) is 0 Å². The highest BCUT2D eigenvalue weighted by Gasteiger charge is 2.44. The first-order valence-electron chi connectivity index (χ1n) is 11.2. The molecule has 184 valence electrons. The molecule has 1 saturated heterocycles. The fraction of sp³-hybridized carbons (Fsp3) is 0.480. The number of halogens is 2. The van der Waals surface area contributed by atoms with E-state index < -0.39 is 32.8 Å². The third kappa shape index (κ3) is 5.35. The molecule has 0 spiro atoms. The van der Waals surface area contributed by atoms with Crippen molar-refractivity contribution in [3.8, 4) is 16.9 Å². The van der Waals surface area contributed by atoms with Crippen molar-refractivity contribution in [3.63, 3.8) is 0 Å². The minimum Gasteiger partial charge on any atom is -0.484 e. The van der Waals surface area contributed by atoms with Gasteiger partial charge in [-0.3, -0.25) is 0 Å². The summed E-state index contributed by atoms with van der Waals surface area (Å²) < 4.78 is 64.0. The highest BCUT2D eigenvalue weighted by molar-refractivity contribution is 7.90. The van der Waals surface area contributed by atoms with Crippen molar-refractivity contribution in [2.45, 2.75) is 50.2 Å². The average molecular weight is 494 g/mol. The summed E-state index contributed by atoms with van der Waals surface area (Å²) in [5.41, 5.74) is 0.227. The molecule has 1 aliphatic heterocycles. The van der Waals surface area contributed by atoms with Crippen molar-refractivity contribution < 1.29 is 31.5 Å². The third-order valence-corrected chi connectivity index (χ3v) is 7.39. The van der Waals surface area contributed by atoms with Crippen LogP contribution in [0.15, 0.2) is 41.3 Å². The Labute approximate surface area is 198 Å². The molecule has 0 aromatic heterocycles. The second kappa shape index (κ2) is 8.83. The van der Waals surface area contributed by atoms with E-state index >= 15 is 0 Å². The fourth-order valence-electron chi connectivity index (χ4n) is 4.72. The summed E-state index contributed by atoms with van der Waals surface area (Å²) in [6, 6.07) is 8.21. The van der Waals surface area contributed by atoms with Gasteiger partial charge >= 0.3 is 6.09 Å². The van der Waals surface area contributed by atoms with Crippen molar-refractivity contribution in [1.82, 2.24) is 4.90 Å². The SMILES string of the molecule is CC(C)(C)OC(=O)N1CC2CC(Oc3c(F)cc(-c4ccc(S(C)(=O)=O)cc4)cc3F)CC2C1. The maximum absolute atomic E-state index is 14.8. The van der Waals surface area contributed by atoms with Crippen molar-refractivity contribution in [2.75, 3.05) is 19.3 Å². The molecular formula is C25H29F2NO5S. The molecule has 1 saturated carbocycles.